The summed E-state index contributed by atoms with van der Waals surface area (Å²) in [4.78, 5) is 9.46. The number of hydrogen-bond donors (Lipinski definition) is 2. The Kier molecular flexibility index (Phi) is 7.98. The van der Waals surface area contributed by atoms with Crippen LogP contribution in [0.4, 0.5) is 0 Å². The van der Waals surface area contributed by atoms with E-state index in [1.54, 1.807) is 7.11 Å². The van der Waals surface area contributed by atoms with Crippen molar-refractivity contribution in [2.75, 3.05) is 60.5 Å². The van der Waals surface area contributed by atoms with Gasteiger partial charge < -0.3 is 20.3 Å². The quantitative estimate of drug-likeness (QED) is 0.556. The molecule has 2 heterocycles. The number of nitrogens with one attached hydrogen (secondary N) is 2. The van der Waals surface area contributed by atoms with E-state index in [1.165, 1.54) is 57.4 Å². The van der Waals surface area contributed by atoms with Gasteiger partial charge in [0.15, 0.2) is 5.96 Å². The molecule has 2 saturated heterocycles. The molecule has 1 aromatic rings. The Morgan fingerprint density at radius 2 is 1.89 bits per heavy atom. The number of aliphatic imine (C=N–C) groups is 1. The van der Waals surface area contributed by atoms with Crippen LogP contribution >= 0.6 is 0 Å². The highest BCUT2D eigenvalue weighted by molar-refractivity contribution is 5.79. The molecule has 3 rings (SSSR count). The third-order valence-electron chi connectivity index (χ3n) is 6.05. The molecule has 2 unspecified atom stereocenters. The SMILES string of the molecule is CN=C(NCC1CCCN(C)C1)NCC(c1ccc(OC)cc1)N1CCCC1. The van der Waals surface area contributed by atoms with Crippen LogP contribution < -0.4 is 15.4 Å². The van der Waals surface area contributed by atoms with E-state index in [0.29, 0.717) is 12.0 Å². The second-order valence-electron chi connectivity index (χ2n) is 8.14. The van der Waals surface area contributed by atoms with E-state index in [0.717, 1.165) is 24.8 Å². The molecule has 0 saturated carbocycles. The summed E-state index contributed by atoms with van der Waals surface area (Å²) in [6.07, 6.45) is 5.17. The van der Waals surface area contributed by atoms with E-state index < -0.39 is 0 Å². The predicted octanol–water partition coefficient (Wildman–Crippen LogP) is 2.34. The molecule has 2 atom stereocenters. The monoisotopic (exact) mass is 387 g/mol. The summed E-state index contributed by atoms with van der Waals surface area (Å²) in [6, 6.07) is 8.86. The van der Waals surface area contributed by atoms with Gasteiger partial charge in [0.25, 0.3) is 0 Å². The summed E-state index contributed by atoms with van der Waals surface area (Å²) in [5, 5.41) is 7.13. The molecule has 2 aliphatic rings. The Morgan fingerprint density at radius 3 is 2.54 bits per heavy atom. The molecule has 28 heavy (non-hydrogen) atoms. The van der Waals surface area contributed by atoms with E-state index in [2.05, 4.69) is 56.7 Å². The minimum absolute atomic E-state index is 0.354. The van der Waals surface area contributed by atoms with Crippen LogP contribution in [0, 0.1) is 5.92 Å². The molecule has 0 aliphatic carbocycles. The predicted molar refractivity (Wildman–Crippen MR) is 116 cm³/mol. The minimum atomic E-state index is 0.354. The van der Waals surface area contributed by atoms with Crippen LogP contribution in [0.15, 0.2) is 29.3 Å². The van der Waals surface area contributed by atoms with Crippen molar-refractivity contribution in [3.63, 3.8) is 0 Å². The maximum absolute atomic E-state index is 5.33. The van der Waals surface area contributed by atoms with E-state index in [-0.39, 0.29) is 0 Å². The second kappa shape index (κ2) is 10.7. The van der Waals surface area contributed by atoms with Crippen molar-refractivity contribution in [2.45, 2.75) is 31.7 Å². The smallest absolute Gasteiger partial charge is 0.191 e. The van der Waals surface area contributed by atoms with E-state index in [9.17, 15) is 0 Å². The van der Waals surface area contributed by atoms with E-state index in [4.69, 9.17) is 4.74 Å². The van der Waals surface area contributed by atoms with Crippen LogP contribution in [0.25, 0.3) is 0 Å². The highest BCUT2D eigenvalue weighted by atomic mass is 16.5. The zero-order valence-corrected chi connectivity index (χ0v) is 17.8. The summed E-state index contributed by atoms with van der Waals surface area (Å²) in [6.45, 7) is 6.57. The summed E-state index contributed by atoms with van der Waals surface area (Å²) >= 11 is 0. The Morgan fingerprint density at radius 1 is 1.14 bits per heavy atom. The van der Waals surface area contributed by atoms with Gasteiger partial charge in [-0.15, -0.1) is 0 Å². The van der Waals surface area contributed by atoms with Gasteiger partial charge in [-0.05, 0) is 76.0 Å². The number of ether oxygens (including phenoxy) is 1. The highest BCUT2D eigenvalue weighted by Gasteiger charge is 2.24. The lowest BCUT2D eigenvalue weighted by Crippen LogP contribution is -2.46. The average molecular weight is 388 g/mol. The normalized spacial score (nSPS) is 22.8. The Balaban J connectivity index is 1.56. The number of rotatable bonds is 7. The topological polar surface area (TPSA) is 52.1 Å². The molecule has 6 nitrogen and oxygen atoms in total. The first-order valence-electron chi connectivity index (χ1n) is 10.7. The largest absolute Gasteiger partial charge is 0.497 e. The lowest BCUT2D eigenvalue weighted by Gasteiger charge is -2.31. The van der Waals surface area contributed by atoms with E-state index >= 15 is 0 Å². The van der Waals surface area contributed by atoms with Crippen LogP contribution in [0.3, 0.4) is 0 Å². The standard InChI is InChI=1S/C22H37N5O/c1-23-22(24-15-18-7-6-12-26(2)17-18)25-16-21(27-13-4-5-14-27)19-8-10-20(28-3)11-9-19/h8-11,18,21H,4-7,12-17H2,1-3H3,(H2,23,24,25). The van der Waals surface area contributed by atoms with Crippen molar-refractivity contribution < 1.29 is 4.74 Å². The van der Waals surface area contributed by atoms with Crippen LogP contribution in [0.5, 0.6) is 5.75 Å². The van der Waals surface area contributed by atoms with Gasteiger partial charge in [-0.3, -0.25) is 9.89 Å². The van der Waals surface area contributed by atoms with Crippen molar-refractivity contribution in [1.29, 1.82) is 0 Å². The number of likely N-dealkylation sites (tertiary alicyclic amines) is 2. The van der Waals surface area contributed by atoms with Gasteiger partial charge in [0.05, 0.1) is 13.2 Å². The molecule has 0 amide bonds. The summed E-state index contributed by atoms with van der Waals surface area (Å²) in [5.41, 5.74) is 1.33. The summed E-state index contributed by atoms with van der Waals surface area (Å²) < 4.78 is 5.33. The van der Waals surface area contributed by atoms with Crippen LogP contribution in [0.2, 0.25) is 0 Å². The molecule has 2 fully saturated rings. The van der Waals surface area contributed by atoms with Crippen molar-refractivity contribution in [1.82, 2.24) is 20.4 Å². The van der Waals surface area contributed by atoms with Gasteiger partial charge in [-0.1, -0.05) is 12.1 Å². The molecular formula is C22H37N5O. The zero-order valence-electron chi connectivity index (χ0n) is 17.8. The fourth-order valence-electron chi connectivity index (χ4n) is 4.43. The number of nitrogens with zero attached hydrogens (tertiary/aromatic N) is 3. The van der Waals surface area contributed by atoms with Gasteiger partial charge in [0, 0.05) is 26.7 Å². The van der Waals surface area contributed by atoms with Crippen molar-refractivity contribution >= 4 is 5.96 Å². The Labute approximate surface area is 170 Å². The third-order valence-corrected chi connectivity index (χ3v) is 6.05. The maximum atomic E-state index is 5.33. The highest BCUT2D eigenvalue weighted by Crippen LogP contribution is 2.26. The lowest BCUT2D eigenvalue weighted by atomic mass is 9.98. The fraction of sp³-hybridized carbons (Fsp3) is 0.682. The molecular weight excluding hydrogens is 350 g/mol. The van der Waals surface area contributed by atoms with Crippen LogP contribution in [-0.2, 0) is 0 Å². The molecule has 0 spiro atoms. The minimum Gasteiger partial charge on any atom is -0.497 e. The van der Waals surface area contributed by atoms with Gasteiger partial charge in [0.1, 0.15) is 5.75 Å². The van der Waals surface area contributed by atoms with Gasteiger partial charge in [-0.25, -0.2) is 0 Å². The zero-order chi connectivity index (χ0) is 19.8. The first-order valence-corrected chi connectivity index (χ1v) is 10.7. The number of hydrogen-bond acceptors (Lipinski definition) is 4. The van der Waals surface area contributed by atoms with Crippen molar-refractivity contribution in [2.24, 2.45) is 10.9 Å². The summed E-state index contributed by atoms with van der Waals surface area (Å²) in [5.74, 6) is 2.52. The first kappa shape index (κ1) is 20.9. The Hall–Kier alpha value is -1.79. The third kappa shape index (κ3) is 5.85. The van der Waals surface area contributed by atoms with Gasteiger partial charge in [-0.2, -0.15) is 0 Å². The van der Waals surface area contributed by atoms with Crippen molar-refractivity contribution in [3.8, 4) is 5.75 Å². The molecule has 156 valence electrons. The van der Waals surface area contributed by atoms with E-state index in [1.807, 2.05) is 7.05 Å². The number of benzene rings is 1. The van der Waals surface area contributed by atoms with Crippen molar-refractivity contribution in [3.05, 3.63) is 29.8 Å². The van der Waals surface area contributed by atoms with Gasteiger partial charge in [0.2, 0.25) is 0 Å². The number of guanidine groups is 1. The second-order valence-corrected chi connectivity index (χ2v) is 8.14. The Bertz CT molecular complexity index is 612. The molecule has 0 aromatic heterocycles. The summed E-state index contributed by atoms with van der Waals surface area (Å²) in [7, 11) is 5.80. The van der Waals surface area contributed by atoms with Crippen LogP contribution in [-0.4, -0.2) is 76.2 Å². The molecule has 0 bridgehead atoms. The maximum Gasteiger partial charge on any atom is 0.191 e. The molecule has 1 aromatic carbocycles. The van der Waals surface area contributed by atoms with Gasteiger partial charge >= 0.3 is 0 Å². The lowest BCUT2D eigenvalue weighted by molar-refractivity contribution is 0.210. The first-order chi connectivity index (χ1) is 13.7. The van der Waals surface area contributed by atoms with Crippen LogP contribution in [0.1, 0.15) is 37.3 Å². The number of methoxy groups -OCH3 is 1. The molecule has 0 radical (unpaired) electrons. The average Bonchev–Trinajstić information content (AvgIpc) is 3.25. The molecule has 2 aliphatic heterocycles. The molecule has 6 heteroatoms. The fourth-order valence-corrected chi connectivity index (χ4v) is 4.43. The molecule has 2 N–H and O–H groups in total. The number of piperidine rings is 1.